The number of aryl methyl sites for hydroxylation is 1. The van der Waals surface area contributed by atoms with Crippen molar-refractivity contribution in [2.45, 2.75) is 59.3 Å². The molecule has 6 nitrogen and oxygen atoms in total. The fourth-order valence-electron chi connectivity index (χ4n) is 6.12. The first-order chi connectivity index (χ1) is 22.4. The molecule has 0 saturated carbocycles. The zero-order valence-corrected chi connectivity index (χ0v) is 30.5. The number of imidazole rings is 1. The summed E-state index contributed by atoms with van der Waals surface area (Å²) in [5.74, 6) is 0.891. The second-order valence-electron chi connectivity index (χ2n) is 14.3. The van der Waals surface area contributed by atoms with Crippen LogP contribution in [0.15, 0.2) is 97.7 Å². The van der Waals surface area contributed by atoms with Crippen molar-refractivity contribution in [1.82, 2.24) is 24.5 Å². The van der Waals surface area contributed by atoms with Gasteiger partial charge in [-0.3, -0.25) is 19.9 Å². The second kappa shape index (κ2) is 12.4. The van der Waals surface area contributed by atoms with Gasteiger partial charge in [0.05, 0.1) is 34.9 Å². The summed E-state index contributed by atoms with van der Waals surface area (Å²) in [6, 6.07) is 26.2. The van der Waals surface area contributed by atoms with E-state index in [1.165, 1.54) is 11.1 Å². The fourth-order valence-corrected chi connectivity index (χ4v) is 6.12. The summed E-state index contributed by atoms with van der Waals surface area (Å²) >= 11 is 0. The third-order valence-electron chi connectivity index (χ3n) is 8.88. The van der Waals surface area contributed by atoms with Crippen molar-refractivity contribution in [1.29, 1.82) is 0 Å². The molecule has 0 fully saturated rings. The summed E-state index contributed by atoms with van der Waals surface area (Å²) < 4.78 is 2.07. The number of fused-ring (bicyclic) bond motifs is 2. The van der Waals surface area contributed by atoms with Crippen LogP contribution in [0.3, 0.4) is 0 Å². The van der Waals surface area contributed by atoms with Crippen LogP contribution in [0.25, 0.3) is 61.3 Å². The Morgan fingerprint density at radius 2 is 1.44 bits per heavy atom. The monoisotopic (exact) mass is 811 g/mol. The zero-order chi connectivity index (χ0) is 33.1. The Labute approximate surface area is 296 Å². The molecule has 7 rings (SSSR count). The van der Waals surface area contributed by atoms with Gasteiger partial charge in [-0.1, -0.05) is 70.9 Å². The largest absolute Gasteiger partial charge is 0.507 e. The molecule has 0 unspecified atom stereocenters. The molecule has 0 saturated heterocycles. The van der Waals surface area contributed by atoms with Crippen LogP contribution in [-0.2, 0) is 31.9 Å². The predicted octanol–water partition coefficient (Wildman–Crippen LogP) is 9.77. The third kappa shape index (κ3) is 5.95. The van der Waals surface area contributed by atoms with Crippen LogP contribution >= 0.6 is 0 Å². The number of aromatic hydroxyl groups is 1. The smallest absolute Gasteiger partial charge is 0.123 e. The molecule has 3 aromatic carbocycles. The van der Waals surface area contributed by atoms with E-state index in [4.69, 9.17) is 9.97 Å². The van der Waals surface area contributed by atoms with E-state index in [-0.39, 0.29) is 37.6 Å². The molecule has 0 atom stereocenters. The summed E-state index contributed by atoms with van der Waals surface area (Å²) in [5.41, 5.74) is 11.0. The molecule has 0 aliphatic heterocycles. The average molecular weight is 812 g/mol. The van der Waals surface area contributed by atoms with Gasteiger partial charge in [-0.15, -0.1) is 29.8 Å². The standard InChI is InChI=1S/C41H38N5O.Pt/c1-25-15-17-44-37-31(25)20-29(41(5,6)7)21-32(37)26-10-8-11-27(18-26)39-45-38-34(33-19-28(40(2,3)4)13-14-36(33)47)23-43-24-35(38)46(39)30-12-9-16-42-22-30;/h8-17,19-24,47H,1-7H3;/q-1;. The van der Waals surface area contributed by atoms with E-state index >= 15 is 0 Å². The molecule has 4 aromatic heterocycles. The Morgan fingerprint density at radius 1 is 0.688 bits per heavy atom. The Balaban J connectivity index is 0.00000401. The maximum absolute atomic E-state index is 11.1. The van der Waals surface area contributed by atoms with Gasteiger partial charge in [-0.2, -0.15) is 0 Å². The number of pyridine rings is 3. The fraction of sp³-hybridized carbons (Fsp3) is 0.220. The van der Waals surface area contributed by atoms with Crippen LogP contribution in [-0.4, -0.2) is 29.6 Å². The maximum atomic E-state index is 11.1. The summed E-state index contributed by atoms with van der Waals surface area (Å²) in [4.78, 5) is 19.2. The van der Waals surface area contributed by atoms with Gasteiger partial charge >= 0.3 is 0 Å². The molecule has 0 spiro atoms. The van der Waals surface area contributed by atoms with Crippen molar-refractivity contribution in [3.8, 4) is 45.1 Å². The molecule has 0 radical (unpaired) electrons. The van der Waals surface area contributed by atoms with Gasteiger partial charge in [0.1, 0.15) is 5.75 Å². The number of nitrogens with zero attached hydrogens (tertiary/aromatic N) is 5. The average Bonchev–Trinajstić information content (AvgIpc) is 3.44. The van der Waals surface area contributed by atoms with Crippen LogP contribution in [0, 0.1) is 13.0 Å². The third-order valence-corrected chi connectivity index (χ3v) is 8.88. The van der Waals surface area contributed by atoms with Crippen molar-refractivity contribution in [2.24, 2.45) is 0 Å². The molecule has 7 aromatic rings. The van der Waals surface area contributed by atoms with Gasteiger partial charge in [0.15, 0.2) is 0 Å². The molecular weight excluding hydrogens is 774 g/mol. The maximum Gasteiger partial charge on any atom is 0.123 e. The van der Waals surface area contributed by atoms with Crippen LogP contribution in [0.5, 0.6) is 5.75 Å². The molecule has 0 aliphatic rings. The van der Waals surface area contributed by atoms with E-state index < -0.39 is 0 Å². The number of hydrogen-bond acceptors (Lipinski definition) is 5. The van der Waals surface area contributed by atoms with Crippen LogP contribution < -0.4 is 0 Å². The molecule has 7 heteroatoms. The van der Waals surface area contributed by atoms with Crippen LogP contribution in [0.4, 0.5) is 0 Å². The normalized spacial score (nSPS) is 12.0. The SMILES string of the molecule is Cc1ccnc2c(-c3[c-]c(-c4nc5c(-c6cc(C(C)(C)C)ccc6O)cncc5n4-c4cccnc4)ccc3)cc(C(C)(C)C)cc12.[Pt]. The molecule has 4 heterocycles. The van der Waals surface area contributed by atoms with Gasteiger partial charge in [0, 0.05) is 56.3 Å². The number of phenolic OH excluding ortho intramolecular Hbond substituents is 1. The molecule has 0 amide bonds. The van der Waals surface area contributed by atoms with E-state index in [2.05, 4.69) is 99.4 Å². The summed E-state index contributed by atoms with van der Waals surface area (Å²) in [5, 5.41) is 12.2. The number of aromatic nitrogens is 5. The molecule has 0 aliphatic carbocycles. The van der Waals surface area contributed by atoms with Gasteiger partial charge < -0.3 is 9.67 Å². The first-order valence-electron chi connectivity index (χ1n) is 15.9. The van der Waals surface area contributed by atoms with Gasteiger partial charge in [-0.05, 0) is 70.2 Å². The molecule has 48 heavy (non-hydrogen) atoms. The quantitative estimate of drug-likeness (QED) is 0.179. The van der Waals surface area contributed by atoms with Crippen molar-refractivity contribution >= 4 is 21.9 Å². The second-order valence-corrected chi connectivity index (χ2v) is 14.3. The minimum Gasteiger partial charge on any atom is -0.507 e. The Morgan fingerprint density at radius 3 is 2.17 bits per heavy atom. The zero-order valence-electron chi connectivity index (χ0n) is 28.2. The predicted molar refractivity (Wildman–Crippen MR) is 191 cm³/mol. The number of phenols is 1. The van der Waals surface area contributed by atoms with E-state index in [0.717, 1.165) is 55.4 Å². The number of rotatable bonds is 4. The van der Waals surface area contributed by atoms with E-state index in [9.17, 15) is 5.11 Å². The van der Waals surface area contributed by atoms with Crippen molar-refractivity contribution in [2.75, 3.05) is 0 Å². The number of hydrogen-bond donors (Lipinski definition) is 1. The van der Waals surface area contributed by atoms with Crippen molar-refractivity contribution in [3.63, 3.8) is 0 Å². The summed E-state index contributed by atoms with van der Waals surface area (Å²) in [6.07, 6.45) is 9.07. The van der Waals surface area contributed by atoms with E-state index in [1.807, 2.05) is 48.9 Å². The van der Waals surface area contributed by atoms with Crippen molar-refractivity contribution in [3.05, 3.63) is 120 Å². The Hall–Kier alpha value is -4.67. The van der Waals surface area contributed by atoms with Gasteiger partial charge in [0.2, 0.25) is 0 Å². The first kappa shape index (κ1) is 33.2. The summed E-state index contributed by atoms with van der Waals surface area (Å²) in [6.45, 7) is 15.3. The molecule has 0 bridgehead atoms. The Kier molecular flexibility index (Phi) is 8.59. The Bertz CT molecular complexity index is 2300. The molecule has 244 valence electrons. The molecule has 1 N–H and O–H groups in total. The van der Waals surface area contributed by atoms with Crippen LogP contribution in [0.1, 0.15) is 58.2 Å². The number of benzene rings is 3. The van der Waals surface area contributed by atoms with Gasteiger partial charge in [0.25, 0.3) is 0 Å². The van der Waals surface area contributed by atoms with Crippen LogP contribution in [0.2, 0.25) is 0 Å². The van der Waals surface area contributed by atoms with E-state index in [0.29, 0.717) is 11.4 Å². The minimum atomic E-state index is -0.0960. The summed E-state index contributed by atoms with van der Waals surface area (Å²) in [7, 11) is 0. The first-order valence-corrected chi connectivity index (χ1v) is 15.9. The van der Waals surface area contributed by atoms with Gasteiger partial charge in [-0.25, -0.2) is 0 Å². The molecular formula is C41H38N5OPt-. The minimum absolute atomic E-state index is 0. The van der Waals surface area contributed by atoms with Crippen molar-refractivity contribution < 1.29 is 26.2 Å². The topological polar surface area (TPSA) is 76.7 Å². The van der Waals surface area contributed by atoms with E-state index in [1.54, 1.807) is 18.5 Å².